The number of benzene rings is 1. The van der Waals surface area contributed by atoms with Gasteiger partial charge in [0.15, 0.2) is 11.5 Å². The molecule has 5 heteroatoms. The minimum Gasteiger partial charge on any atom is -0.504 e. The van der Waals surface area contributed by atoms with Gasteiger partial charge >= 0.3 is 0 Å². The van der Waals surface area contributed by atoms with Crippen molar-refractivity contribution in [1.82, 2.24) is 14.7 Å². The van der Waals surface area contributed by atoms with Crippen molar-refractivity contribution in [1.29, 1.82) is 0 Å². The first-order valence-electron chi connectivity index (χ1n) is 12.8. The van der Waals surface area contributed by atoms with E-state index in [2.05, 4.69) is 20.8 Å². The van der Waals surface area contributed by atoms with E-state index in [9.17, 15) is 5.11 Å². The minimum atomic E-state index is 0.251. The summed E-state index contributed by atoms with van der Waals surface area (Å²) < 4.78 is 5.24. The number of nitrogens with zero attached hydrogens (tertiary/aromatic N) is 3. The van der Waals surface area contributed by atoms with E-state index in [-0.39, 0.29) is 5.75 Å². The van der Waals surface area contributed by atoms with Crippen LogP contribution in [0, 0.1) is 5.92 Å². The summed E-state index contributed by atoms with van der Waals surface area (Å²) in [7, 11) is 1.61. The van der Waals surface area contributed by atoms with E-state index in [1.807, 2.05) is 12.1 Å². The highest BCUT2D eigenvalue weighted by Crippen LogP contribution is 2.29. The lowest BCUT2D eigenvalue weighted by Crippen LogP contribution is -2.46. The maximum Gasteiger partial charge on any atom is 0.160 e. The number of aromatic hydroxyl groups is 1. The van der Waals surface area contributed by atoms with Gasteiger partial charge in [0.2, 0.25) is 0 Å². The Morgan fingerprint density at radius 2 is 1.81 bits per heavy atom. The van der Waals surface area contributed by atoms with Crippen LogP contribution < -0.4 is 4.74 Å². The largest absolute Gasteiger partial charge is 0.504 e. The van der Waals surface area contributed by atoms with Crippen LogP contribution >= 0.6 is 0 Å². The van der Waals surface area contributed by atoms with Crippen molar-refractivity contribution in [2.24, 2.45) is 5.92 Å². The Balaban J connectivity index is 1.37. The average Bonchev–Trinajstić information content (AvgIpc) is 3.34. The molecule has 2 heterocycles. The average molecular weight is 430 g/mol. The van der Waals surface area contributed by atoms with Gasteiger partial charge in [-0.1, -0.05) is 25.3 Å². The normalized spacial score (nSPS) is 24.1. The SMILES string of the molecule is COc1ccc(CN(CCN2CCCCC2)C[C@@H]2CCCN(C3CCCC3)C2)cc1O. The first-order chi connectivity index (χ1) is 15.2. The summed E-state index contributed by atoms with van der Waals surface area (Å²) in [5.41, 5.74) is 1.18. The summed E-state index contributed by atoms with van der Waals surface area (Å²) in [6, 6.07) is 6.75. The predicted molar refractivity (Wildman–Crippen MR) is 127 cm³/mol. The molecule has 1 aromatic rings. The van der Waals surface area contributed by atoms with E-state index in [4.69, 9.17) is 4.74 Å². The summed E-state index contributed by atoms with van der Waals surface area (Å²) in [5, 5.41) is 10.3. The van der Waals surface area contributed by atoms with Gasteiger partial charge in [-0.05, 0) is 81.8 Å². The zero-order chi connectivity index (χ0) is 21.5. The molecule has 5 nitrogen and oxygen atoms in total. The van der Waals surface area contributed by atoms with Gasteiger partial charge in [-0.2, -0.15) is 0 Å². The van der Waals surface area contributed by atoms with E-state index in [0.717, 1.165) is 25.0 Å². The third kappa shape index (κ3) is 6.59. The molecule has 31 heavy (non-hydrogen) atoms. The number of hydrogen-bond acceptors (Lipinski definition) is 5. The minimum absolute atomic E-state index is 0.251. The lowest BCUT2D eigenvalue weighted by atomic mass is 9.95. The van der Waals surface area contributed by atoms with E-state index in [1.165, 1.54) is 103 Å². The predicted octanol–water partition coefficient (Wildman–Crippen LogP) is 4.34. The van der Waals surface area contributed by atoms with Crippen molar-refractivity contribution in [3.63, 3.8) is 0 Å². The standard InChI is InChI=1S/C26H43N3O2/c1-31-26-12-11-22(18-25(26)30)19-28(17-16-27-13-5-2-6-14-27)20-23-8-7-15-29(21-23)24-9-3-4-10-24/h11-12,18,23-24,30H,2-10,13-17,19-21H2,1H3/t23-/m0/s1. The van der Waals surface area contributed by atoms with Crippen LogP contribution in [0.2, 0.25) is 0 Å². The zero-order valence-corrected chi connectivity index (χ0v) is 19.6. The van der Waals surface area contributed by atoms with Gasteiger partial charge in [0.25, 0.3) is 0 Å². The van der Waals surface area contributed by atoms with Crippen molar-refractivity contribution in [3.8, 4) is 11.5 Å². The van der Waals surface area contributed by atoms with Crippen molar-refractivity contribution in [3.05, 3.63) is 23.8 Å². The van der Waals surface area contributed by atoms with E-state index in [0.29, 0.717) is 5.75 Å². The van der Waals surface area contributed by atoms with E-state index in [1.54, 1.807) is 7.11 Å². The Morgan fingerprint density at radius 1 is 1.00 bits per heavy atom. The molecule has 0 bridgehead atoms. The highest BCUT2D eigenvalue weighted by atomic mass is 16.5. The monoisotopic (exact) mass is 429 g/mol. The van der Waals surface area contributed by atoms with Gasteiger partial charge in [-0.3, -0.25) is 4.90 Å². The van der Waals surface area contributed by atoms with Crippen LogP contribution in [0.4, 0.5) is 0 Å². The molecule has 2 aliphatic heterocycles. The third-order valence-corrected chi connectivity index (χ3v) is 7.74. The maximum absolute atomic E-state index is 10.3. The molecule has 1 saturated carbocycles. The molecule has 3 aliphatic rings. The zero-order valence-electron chi connectivity index (χ0n) is 19.6. The van der Waals surface area contributed by atoms with E-state index < -0.39 is 0 Å². The molecule has 0 spiro atoms. The fraction of sp³-hybridized carbons (Fsp3) is 0.769. The molecule has 0 aromatic heterocycles. The number of hydrogen-bond donors (Lipinski definition) is 1. The molecule has 1 N–H and O–H groups in total. The lowest BCUT2D eigenvalue weighted by Gasteiger charge is -2.39. The molecule has 0 amide bonds. The highest BCUT2D eigenvalue weighted by Gasteiger charge is 2.29. The molecule has 2 saturated heterocycles. The van der Waals surface area contributed by atoms with Crippen LogP contribution in [0.25, 0.3) is 0 Å². The molecule has 0 unspecified atom stereocenters. The van der Waals surface area contributed by atoms with Gasteiger partial charge in [0.1, 0.15) is 0 Å². The first-order valence-corrected chi connectivity index (χ1v) is 12.8. The number of methoxy groups -OCH3 is 1. The van der Waals surface area contributed by atoms with Crippen molar-refractivity contribution in [2.45, 2.75) is 70.4 Å². The second-order valence-electron chi connectivity index (χ2n) is 10.1. The molecule has 174 valence electrons. The smallest absolute Gasteiger partial charge is 0.160 e. The highest BCUT2D eigenvalue weighted by molar-refractivity contribution is 5.41. The van der Waals surface area contributed by atoms with Crippen molar-refractivity contribution in [2.75, 3.05) is 52.9 Å². The summed E-state index contributed by atoms with van der Waals surface area (Å²) in [6.07, 6.45) is 12.5. The molecule has 0 radical (unpaired) electrons. The van der Waals surface area contributed by atoms with Crippen molar-refractivity contribution >= 4 is 0 Å². The van der Waals surface area contributed by atoms with Crippen LogP contribution in [-0.2, 0) is 6.54 Å². The second-order valence-corrected chi connectivity index (χ2v) is 10.1. The number of ether oxygens (including phenoxy) is 1. The Labute approximate surface area is 189 Å². The Morgan fingerprint density at radius 3 is 2.55 bits per heavy atom. The second kappa shape index (κ2) is 11.5. The number of phenolic OH excluding ortho intramolecular Hbond substituents is 1. The number of piperidine rings is 2. The Bertz CT molecular complexity index is 671. The van der Waals surface area contributed by atoms with Crippen LogP contribution in [0.3, 0.4) is 0 Å². The summed E-state index contributed by atoms with van der Waals surface area (Å²) in [4.78, 5) is 8.11. The molecular weight excluding hydrogens is 386 g/mol. The molecular formula is C26H43N3O2. The van der Waals surface area contributed by atoms with Gasteiger partial charge in [0, 0.05) is 38.8 Å². The van der Waals surface area contributed by atoms with Gasteiger partial charge in [-0.25, -0.2) is 0 Å². The van der Waals surface area contributed by atoms with Gasteiger partial charge in [-0.15, -0.1) is 0 Å². The van der Waals surface area contributed by atoms with Crippen molar-refractivity contribution < 1.29 is 9.84 Å². The molecule has 1 aromatic carbocycles. The maximum atomic E-state index is 10.3. The number of likely N-dealkylation sites (tertiary alicyclic amines) is 2. The fourth-order valence-electron chi connectivity index (χ4n) is 6.01. The molecule has 3 fully saturated rings. The van der Waals surface area contributed by atoms with Gasteiger partial charge in [0.05, 0.1) is 7.11 Å². The van der Waals surface area contributed by atoms with Crippen LogP contribution in [0.15, 0.2) is 18.2 Å². The quantitative estimate of drug-likeness (QED) is 0.632. The number of phenols is 1. The topological polar surface area (TPSA) is 39.2 Å². The Kier molecular flexibility index (Phi) is 8.51. The van der Waals surface area contributed by atoms with Gasteiger partial charge < -0.3 is 19.6 Å². The first kappa shape index (κ1) is 22.9. The lowest BCUT2D eigenvalue weighted by molar-refractivity contribution is 0.0912. The van der Waals surface area contributed by atoms with E-state index >= 15 is 0 Å². The third-order valence-electron chi connectivity index (χ3n) is 7.74. The van der Waals surface area contributed by atoms with Crippen LogP contribution in [0.5, 0.6) is 11.5 Å². The molecule has 1 aliphatic carbocycles. The van der Waals surface area contributed by atoms with Crippen LogP contribution in [-0.4, -0.2) is 78.8 Å². The summed E-state index contributed by atoms with van der Waals surface area (Å²) in [5.74, 6) is 1.58. The molecule has 1 atom stereocenters. The number of rotatable bonds is 9. The fourth-order valence-corrected chi connectivity index (χ4v) is 6.01. The Hall–Kier alpha value is -1.30. The van der Waals surface area contributed by atoms with Crippen LogP contribution in [0.1, 0.15) is 63.4 Å². The summed E-state index contributed by atoms with van der Waals surface area (Å²) in [6.45, 7) is 9.47. The summed E-state index contributed by atoms with van der Waals surface area (Å²) >= 11 is 0. The molecule has 4 rings (SSSR count).